The van der Waals surface area contributed by atoms with E-state index in [4.69, 9.17) is 4.42 Å². The first-order valence-electron chi connectivity index (χ1n) is 7.22. The van der Waals surface area contributed by atoms with Crippen LogP contribution in [0.2, 0.25) is 0 Å². The maximum atomic E-state index is 12.1. The van der Waals surface area contributed by atoms with E-state index < -0.39 is 0 Å². The van der Waals surface area contributed by atoms with Gasteiger partial charge in [0.25, 0.3) is 5.91 Å². The molecule has 5 nitrogen and oxygen atoms in total. The van der Waals surface area contributed by atoms with Gasteiger partial charge in [-0.2, -0.15) is 0 Å². The van der Waals surface area contributed by atoms with Gasteiger partial charge < -0.3 is 4.42 Å². The lowest BCUT2D eigenvalue weighted by atomic mass is 9.88. The monoisotopic (exact) mass is 276 g/mol. The predicted molar refractivity (Wildman–Crippen MR) is 72.7 cm³/mol. The number of hydrogen-bond donors (Lipinski definition) is 2. The van der Waals surface area contributed by atoms with Gasteiger partial charge in [0, 0.05) is 5.92 Å². The lowest BCUT2D eigenvalue weighted by Gasteiger charge is -2.20. The van der Waals surface area contributed by atoms with Crippen molar-refractivity contribution in [3.05, 3.63) is 23.2 Å². The van der Waals surface area contributed by atoms with Gasteiger partial charge in [-0.15, -0.1) is 0 Å². The highest BCUT2D eigenvalue weighted by Crippen LogP contribution is 2.48. The van der Waals surface area contributed by atoms with Crippen LogP contribution in [-0.2, 0) is 4.79 Å². The Labute approximate surface area is 118 Å². The lowest BCUT2D eigenvalue weighted by Crippen LogP contribution is -2.45. The molecule has 20 heavy (non-hydrogen) atoms. The summed E-state index contributed by atoms with van der Waals surface area (Å²) in [7, 11) is 0. The van der Waals surface area contributed by atoms with E-state index >= 15 is 0 Å². The van der Waals surface area contributed by atoms with Gasteiger partial charge in [0.2, 0.25) is 5.91 Å². The van der Waals surface area contributed by atoms with E-state index in [0.717, 1.165) is 12.8 Å². The minimum Gasteiger partial charge on any atom is -0.466 e. The molecule has 1 aromatic rings. The molecule has 3 atom stereocenters. The van der Waals surface area contributed by atoms with Crippen LogP contribution in [-0.4, -0.2) is 11.8 Å². The molecule has 108 valence electrons. The summed E-state index contributed by atoms with van der Waals surface area (Å²) in [4.78, 5) is 24.1. The Morgan fingerprint density at radius 1 is 1.20 bits per heavy atom. The first kappa shape index (κ1) is 13.2. The Morgan fingerprint density at radius 2 is 2.00 bits per heavy atom. The van der Waals surface area contributed by atoms with Crippen LogP contribution in [0.4, 0.5) is 0 Å². The topological polar surface area (TPSA) is 71.3 Å². The molecule has 2 saturated carbocycles. The van der Waals surface area contributed by atoms with Crippen molar-refractivity contribution in [1.82, 2.24) is 10.9 Å². The standard InChI is InChI=1S/C15H20N2O3/c1-8-5-12(9(2)20-8)14(18)16-17-15(19)13-7-10-3-4-11(13)6-10/h5,10-11,13H,3-4,6-7H2,1-2H3,(H,16,18)(H,17,19). The molecule has 3 rings (SSSR count). The largest absolute Gasteiger partial charge is 0.466 e. The Bertz CT molecular complexity index is 549. The molecule has 2 aliphatic rings. The first-order valence-corrected chi connectivity index (χ1v) is 7.22. The smallest absolute Gasteiger partial charge is 0.273 e. The number of aryl methyl sites for hydroxylation is 2. The lowest BCUT2D eigenvalue weighted by molar-refractivity contribution is -0.127. The summed E-state index contributed by atoms with van der Waals surface area (Å²) < 4.78 is 5.31. The van der Waals surface area contributed by atoms with E-state index in [1.807, 2.05) is 0 Å². The molecule has 5 heteroatoms. The van der Waals surface area contributed by atoms with Crippen LogP contribution in [0.1, 0.15) is 47.6 Å². The minimum atomic E-state index is -0.323. The second-order valence-electron chi connectivity index (χ2n) is 6.05. The second kappa shape index (κ2) is 4.96. The van der Waals surface area contributed by atoms with Crippen LogP contribution >= 0.6 is 0 Å². The van der Waals surface area contributed by atoms with Gasteiger partial charge in [-0.1, -0.05) is 6.42 Å². The summed E-state index contributed by atoms with van der Waals surface area (Å²) >= 11 is 0. The maximum absolute atomic E-state index is 12.1. The van der Waals surface area contributed by atoms with E-state index in [1.54, 1.807) is 19.9 Å². The van der Waals surface area contributed by atoms with Gasteiger partial charge in [0.1, 0.15) is 11.5 Å². The van der Waals surface area contributed by atoms with Crippen molar-refractivity contribution in [2.24, 2.45) is 17.8 Å². The van der Waals surface area contributed by atoms with Crippen molar-refractivity contribution in [2.75, 3.05) is 0 Å². The first-order chi connectivity index (χ1) is 9.54. The van der Waals surface area contributed by atoms with Crippen LogP contribution in [0.5, 0.6) is 0 Å². The minimum absolute atomic E-state index is 0.0524. The highest BCUT2D eigenvalue weighted by atomic mass is 16.3. The zero-order valence-electron chi connectivity index (χ0n) is 11.9. The Kier molecular flexibility index (Phi) is 3.28. The van der Waals surface area contributed by atoms with Gasteiger partial charge in [-0.3, -0.25) is 20.4 Å². The van der Waals surface area contributed by atoms with Gasteiger partial charge in [0.05, 0.1) is 5.56 Å². The molecular formula is C15H20N2O3. The number of carbonyl (C=O) groups is 2. The SMILES string of the molecule is Cc1cc(C(=O)NNC(=O)C2CC3CCC2C3)c(C)o1. The highest BCUT2D eigenvalue weighted by Gasteiger charge is 2.43. The molecule has 0 radical (unpaired) electrons. The quantitative estimate of drug-likeness (QED) is 0.812. The van der Waals surface area contributed by atoms with Crippen LogP contribution in [0, 0.1) is 31.6 Å². The van der Waals surface area contributed by atoms with Crippen LogP contribution < -0.4 is 10.9 Å². The summed E-state index contributed by atoms with van der Waals surface area (Å²) in [5.74, 6) is 2.17. The number of rotatable bonds is 2. The maximum Gasteiger partial charge on any atom is 0.273 e. The number of carbonyl (C=O) groups excluding carboxylic acids is 2. The molecule has 2 amide bonds. The van der Waals surface area contributed by atoms with Crippen molar-refractivity contribution in [1.29, 1.82) is 0 Å². The van der Waals surface area contributed by atoms with Crippen molar-refractivity contribution in [3.8, 4) is 0 Å². The predicted octanol–water partition coefficient (Wildman–Crippen LogP) is 2.09. The fourth-order valence-corrected chi connectivity index (χ4v) is 3.70. The van der Waals surface area contributed by atoms with Crippen LogP contribution in [0.25, 0.3) is 0 Å². The average molecular weight is 276 g/mol. The normalized spacial score (nSPS) is 27.6. The van der Waals surface area contributed by atoms with Crippen LogP contribution in [0.15, 0.2) is 10.5 Å². The zero-order chi connectivity index (χ0) is 14.3. The third-order valence-corrected chi connectivity index (χ3v) is 4.66. The molecule has 1 aromatic heterocycles. The Morgan fingerprint density at radius 3 is 2.55 bits per heavy atom. The Hall–Kier alpha value is -1.78. The summed E-state index contributed by atoms with van der Waals surface area (Å²) in [6, 6.07) is 1.67. The van der Waals surface area contributed by atoms with Gasteiger partial charge in [-0.05, 0) is 51.0 Å². The summed E-state index contributed by atoms with van der Waals surface area (Å²) in [5, 5.41) is 0. The van der Waals surface area contributed by atoms with E-state index in [0.29, 0.717) is 28.9 Å². The number of hydrogen-bond acceptors (Lipinski definition) is 3. The number of fused-ring (bicyclic) bond motifs is 2. The van der Waals surface area contributed by atoms with Gasteiger partial charge in [0.15, 0.2) is 0 Å². The molecule has 2 aliphatic carbocycles. The zero-order valence-corrected chi connectivity index (χ0v) is 11.9. The van der Waals surface area contributed by atoms with E-state index in [9.17, 15) is 9.59 Å². The van der Waals surface area contributed by atoms with E-state index in [1.165, 1.54) is 12.8 Å². The third kappa shape index (κ3) is 2.32. The van der Waals surface area contributed by atoms with Crippen LogP contribution in [0.3, 0.4) is 0 Å². The Balaban J connectivity index is 1.55. The molecule has 2 N–H and O–H groups in total. The fourth-order valence-electron chi connectivity index (χ4n) is 3.70. The number of nitrogens with one attached hydrogen (secondary N) is 2. The molecular weight excluding hydrogens is 256 g/mol. The van der Waals surface area contributed by atoms with Gasteiger partial charge in [-0.25, -0.2) is 0 Å². The van der Waals surface area contributed by atoms with Crippen molar-refractivity contribution in [2.45, 2.75) is 39.5 Å². The summed E-state index contributed by atoms with van der Waals surface area (Å²) in [6.07, 6.45) is 4.55. The summed E-state index contributed by atoms with van der Waals surface area (Å²) in [5.41, 5.74) is 5.52. The molecule has 0 saturated heterocycles. The van der Waals surface area contributed by atoms with Crippen molar-refractivity contribution in [3.63, 3.8) is 0 Å². The number of furan rings is 1. The third-order valence-electron chi connectivity index (χ3n) is 4.66. The highest BCUT2D eigenvalue weighted by molar-refractivity contribution is 5.96. The molecule has 1 heterocycles. The number of hydrazine groups is 1. The molecule has 2 bridgehead atoms. The second-order valence-corrected chi connectivity index (χ2v) is 6.05. The fraction of sp³-hybridized carbons (Fsp3) is 0.600. The molecule has 0 aliphatic heterocycles. The van der Waals surface area contributed by atoms with Crippen molar-refractivity contribution >= 4 is 11.8 Å². The summed E-state index contributed by atoms with van der Waals surface area (Å²) in [6.45, 7) is 3.53. The molecule has 0 spiro atoms. The molecule has 3 unspecified atom stereocenters. The van der Waals surface area contributed by atoms with E-state index in [-0.39, 0.29) is 17.7 Å². The molecule has 2 fully saturated rings. The molecule has 0 aromatic carbocycles. The van der Waals surface area contributed by atoms with E-state index in [2.05, 4.69) is 10.9 Å². The van der Waals surface area contributed by atoms with Gasteiger partial charge >= 0.3 is 0 Å². The number of amides is 2. The average Bonchev–Trinajstić information content (AvgIpc) is 3.10. The van der Waals surface area contributed by atoms with Crippen molar-refractivity contribution < 1.29 is 14.0 Å².